The van der Waals surface area contributed by atoms with E-state index in [4.69, 9.17) is 4.74 Å². The molecule has 1 aromatic rings. The Morgan fingerprint density at radius 2 is 1.88 bits per heavy atom. The van der Waals surface area contributed by atoms with Crippen molar-refractivity contribution in [2.45, 2.75) is 40.2 Å². The van der Waals surface area contributed by atoms with E-state index >= 15 is 0 Å². The van der Waals surface area contributed by atoms with E-state index in [0.717, 1.165) is 25.3 Å². The zero-order valence-electron chi connectivity index (χ0n) is 11.5. The van der Waals surface area contributed by atoms with Crippen LogP contribution in [0.4, 0.5) is 0 Å². The van der Waals surface area contributed by atoms with Crippen LogP contribution in [0.25, 0.3) is 0 Å². The third kappa shape index (κ3) is 4.39. The molecule has 2 nitrogen and oxygen atoms in total. The summed E-state index contributed by atoms with van der Waals surface area (Å²) in [7, 11) is 0. The second kappa shape index (κ2) is 7.33. The molecular formula is C15H25NO. The van der Waals surface area contributed by atoms with Crippen molar-refractivity contribution >= 4 is 0 Å². The molecule has 0 bridgehead atoms. The lowest BCUT2D eigenvalue weighted by molar-refractivity contribution is 0.327. The summed E-state index contributed by atoms with van der Waals surface area (Å²) in [6.45, 7) is 10.4. The van der Waals surface area contributed by atoms with Gasteiger partial charge in [-0.25, -0.2) is 0 Å². The van der Waals surface area contributed by atoms with Gasteiger partial charge in [0.25, 0.3) is 0 Å². The fourth-order valence-electron chi connectivity index (χ4n) is 2.09. The standard InChI is InChI=1S/C15H25NO/c1-5-16-14(11-12(3)4)13-9-7-8-10-15(13)17-6-2/h7-10,12,14,16H,5-6,11H2,1-4H3. The van der Waals surface area contributed by atoms with Gasteiger partial charge in [-0.3, -0.25) is 0 Å². The van der Waals surface area contributed by atoms with E-state index in [2.05, 4.69) is 44.3 Å². The van der Waals surface area contributed by atoms with Crippen molar-refractivity contribution in [3.8, 4) is 5.75 Å². The molecule has 1 rings (SSSR count). The van der Waals surface area contributed by atoms with Gasteiger partial charge in [0.1, 0.15) is 5.75 Å². The lowest BCUT2D eigenvalue weighted by Gasteiger charge is -2.22. The normalized spacial score (nSPS) is 12.8. The van der Waals surface area contributed by atoms with Crippen molar-refractivity contribution in [1.82, 2.24) is 5.32 Å². The molecule has 0 amide bonds. The zero-order valence-corrected chi connectivity index (χ0v) is 11.5. The first-order valence-electron chi connectivity index (χ1n) is 6.64. The molecule has 1 N–H and O–H groups in total. The predicted molar refractivity (Wildman–Crippen MR) is 73.5 cm³/mol. The van der Waals surface area contributed by atoms with E-state index in [1.807, 2.05) is 13.0 Å². The molecule has 0 aromatic heterocycles. The third-order valence-corrected chi connectivity index (χ3v) is 2.75. The Hall–Kier alpha value is -1.02. The van der Waals surface area contributed by atoms with Crippen LogP contribution in [0.1, 0.15) is 45.7 Å². The van der Waals surface area contributed by atoms with Crippen LogP contribution < -0.4 is 10.1 Å². The molecule has 0 aliphatic rings. The van der Waals surface area contributed by atoms with Gasteiger partial charge in [0.15, 0.2) is 0 Å². The van der Waals surface area contributed by atoms with Crippen molar-refractivity contribution in [2.24, 2.45) is 5.92 Å². The molecule has 1 unspecified atom stereocenters. The monoisotopic (exact) mass is 235 g/mol. The molecule has 0 spiro atoms. The molecule has 0 fully saturated rings. The molecule has 0 radical (unpaired) electrons. The number of benzene rings is 1. The Kier molecular flexibility index (Phi) is 6.06. The molecule has 17 heavy (non-hydrogen) atoms. The van der Waals surface area contributed by atoms with Gasteiger partial charge in [0, 0.05) is 11.6 Å². The predicted octanol–water partition coefficient (Wildman–Crippen LogP) is 3.78. The topological polar surface area (TPSA) is 21.3 Å². The first kappa shape index (κ1) is 14.0. The summed E-state index contributed by atoms with van der Waals surface area (Å²) in [5.41, 5.74) is 1.28. The van der Waals surface area contributed by atoms with E-state index in [1.165, 1.54) is 5.56 Å². The van der Waals surface area contributed by atoms with E-state index in [9.17, 15) is 0 Å². The van der Waals surface area contributed by atoms with Crippen molar-refractivity contribution in [3.05, 3.63) is 29.8 Å². The number of hydrogen-bond acceptors (Lipinski definition) is 2. The first-order valence-corrected chi connectivity index (χ1v) is 6.64. The SMILES string of the molecule is CCNC(CC(C)C)c1ccccc1OCC. The number of rotatable bonds is 7. The van der Waals surface area contributed by atoms with Gasteiger partial charge in [-0.2, -0.15) is 0 Å². The van der Waals surface area contributed by atoms with E-state index in [0.29, 0.717) is 12.0 Å². The smallest absolute Gasteiger partial charge is 0.124 e. The minimum absolute atomic E-state index is 0.391. The van der Waals surface area contributed by atoms with Gasteiger partial charge in [0.2, 0.25) is 0 Å². The van der Waals surface area contributed by atoms with Crippen molar-refractivity contribution in [2.75, 3.05) is 13.2 Å². The van der Waals surface area contributed by atoms with Crippen LogP contribution in [0.5, 0.6) is 5.75 Å². The molecule has 2 heteroatoms. The number of nitrogens with one attached hydrogen (secondary N) is 1. The molecule has 0 heterocycles. The van der Waals surface area contributed by atoms with Crippen molar-refractivity contribution in [1.29, 1.82) is 0 Å². The molecular weight excluding hydrogens is 210 g/mol. The van der Waals surface area contributed by atoms with E-state index < -0.39 is 0 Å². The van der Waals surface area contributed by atoms with Crippen molar-refractivity contribution < 1.29 is 4.74 Å². The van der Waals surface area contributed by atoms with Crippen LogP contribution in [0.15, 0.2) is 24.3 Å². The van der Waals surface area contributed by atoms with Crippen LogP contribution in [-0.2, 0) is 0 Å². The number of ether oxygens (including phenoxy) is 1. The highest BCUT2D eigenvalue weighted by Gasteiger charge is 2.16. The Balaban J connectivity index is 2.91. The van der Waals surface area contributed by atoms with Gasteiger partial charge in [-0.05, 0) is 31.9 Å². The molecule has 1 aromatic carbocycles. The Morgan fingerprint density at radius 1 is 1.18 bits per heavy atom. The van der Waals surface area contributed by atoms with Crippen LogP contribution in [0.2, 0.25) is 0 Å². The zero-order chi connectivity index (χ0) is 12.7. The van der Waals surface area contributed by atoms with Crippen LogP contribution >= 0.6 is 0 Å². The van der Waals surface area contributed by atoms with Crippen LogP contribution in [-0.4, -0.2) is 13.2 Å². The first-order chi connectivity index (χ1) is 8.19. The van der Waals surface area contributed by atoms with Crippen molar-refractivity contribution in [3.63, 3.8) is 0 Å². The van der Waals surface area contributed by atoms with Gasteiger partial charge in [0.05, 0.1) is 6.61 Å². The van der Waals surface area contributed by atoms with E-state index in [-0.39, 0.29) is 0 Å². The Bertz CT molecular complexity index is 322. The summed E-state index contributed by atoms with van der Waals surface area (Å²) < 4.78 is 5.71. The Labute approximate surface area is 105 Å². The fraction of sp³-hybridized carbons (Fsp3) is 0.600. The summed E-state index contributed by atoms with van der Waals surface area (Å²) in [5.74, 6) is 1.69. The average molecular weight is 235 g/mol. The van der Waals surface area contributed by atoms with Gasteiger partial charge < -0.3 is 10.1 Å². The maximum absolute atomic E-state index is 5.71. The highest BCUT2D eigenvalue weighted by Crippen LogP contribution is 2.29. The highest BCUT2D eigenvalue weighted by atomic mass is 16.5. The quantitative estimate of drug-likeness (QED) is 0.776. The molecule has 1 atom stereocenters. The van der Waals surface area contributed by atoms with Gasteiger partial charge in [-0.1, -0.05) is 39.0 Å². The summed E-state index contributed by atoms with van der Waals surface area (Å²) >= 11 is 0. The maximum Gasteiger partial charge on any atom is 0.124 e. The third-order valence-electron chi connectivity index (χ3n) is 2.75. The average Bonchev–Trinajstić information content (AvgIpc) is 2.29. The largest absolute Gasteiger partial charge is 0.494 e. The van der Waals surface area contributed by atoms with Crippen LogP contribution in [0, 0.1) is 5.92 Å². The molecule has 0 saturated carbocycles. The minimum Gasteiger partial charge on any atom is -0.494 e. The molecule has 0 saturated heterocycles. The maximum atomic E-state index is 5.71. The molecule has 0 aliphatic carbocycles. The van der Waals surface area contributed by atoms with Gasteiger partial charge in [-0.15, -0.1) is 0 Å². The summed E-state index contributed by atoms with van der Waals surface area (Å²) in [6.07, 6.45) is 1.14. The minimum atomic E-state index is 0.391. The lowest BCUT2D eigenvalue weighted by atomic mass is 9.96. The van der Waals surface area contributed by atoms with Gasteiger partial charge >= 0.3 is 0 Å². The summed E-state index contributed by atoms with van der Waals surface area (Å²) in [4.78, 5) is 0. The van der Waals surface area contributed by atoms with Crippen LogP contribution in [0.3, 0.4) is 0 Å². The van der Waals surface area contributed by atoms with E-state index in [1.54, 1.807) is 0 Å². The lowest BCUT2D eigenvalue weighted by Crippen LogP contribution is -2.23. The number of para-hydroxylation sites is 1. The molecule has 96 valence electrons. The summed E-state index contributed by atoms with van der Waals surface area (Å²) in [5, 5.41) is 3.55. The highest BCUT2D eigenvalue weighted by molar-refractivity contribution is 5.36. The Morgan fingerprint density at radius 3 is 2.47 bits per heavy atom. The summed E-state index contributed by atoms with van der Waals surface area (Å²) in [6, 6.07) is 8.74. The second-order valence-corrected chi connectivity index (χ2v) is 4.71. The fourth-order valence-corrected chi connectivity index (χ4v) is 2.09. The number of hydrogen-bond donors (Lipinski definition) is 1. The molecule has 0 aliphatic heterocycles. The second-order valence-electron chi connectivity index (χ2n) is 4.71.